The maximum Gasteiger partial charge on any atom is 0.243 e. The summed E-state index contributed by atoms with van der Waals surface area (Å²) >= 11 is 0. The van der Waals surface area contributed by atoms with Crippen LogP contribution >= 0.6 is 0 Å². The Morgan fingerprint density at radius 2 is 0.912 bits per heavy atom. The fourth-order valence-electron chi connectivity index (χ4n) is 4.72. The molecule has 0 amide bonds. The van der Waals surface area contributed by atoms with Crippen LogP contribution in [0.5, 0.6) is 11.5 Å². The number of benzene rings is 4. The van der Waals surface area contributed by atoms with E-state index < -0.39 is 12.5 Å². The van der Waals surface area contributed by atoms with Gasteiger partial charge in [-0.2, -0.15) is 0 Å². The average molecular weight is 449 g/mol. The average Bonchev–Trinajstić information content (AvgIpc) is 2.92. The van der Waals surface area contributed by atoms with E-state index in [2.05, 4.69) is 34.9 Å². The van der Waals surface area contributed by atoms with Gasteiger partial charge in [-0.1, -0.05) is 97.1 Å². The summed E-state index contributed by atoms with van der Waals surface area (Å²) in [6.07, 6.45) is -1.72. The van der Waals surface area contributed by atoms with Crippen molar-refractivity contribution in [3.8, 4) is 11.5 Å². The summed E-state index contributed by atoms with van der Waals surface area (Å²) in [7, 11) is 0. The van der Waals surface area contributed by atoms with E-state index in [1.54, 1.807) is 0 Å². The topological polar surface area (TPSA) is 59.6 Å². The van der Waals surface area contributed by atoms with Gasteiger partial charge in [-0.3, -0.25) is 15.4 Å². The van der Waals surface area contributed by atoms with Crippen molar-refractivity contribution in [2.24, 2.45) is 0 Å². The van der Waals surface area contributed by atoms with E-state index in [9.17, 15) is 4.79 Å². The number of nitrogens with one attached hydrogen (secondary N) is 2. The van der Waals surface area contributed by atoms with Crippen LogP contribution in [-0.2, 0) is 4.79 Å². The molecule has 34 heavy (non-hydrogen) atoms. The number of fused-ring (bicyclic) bond motifs is 2. The van der Waals surface area contributed by atoms with Gasteiger partial charge < -0.3 is 9.47 Å². The van der Waals surface area contributed by atoms with E-state index in [1.807, 2.05) is 84.9 Å². The Bertz CT molecular complexity index is 1210. The van der Waals surface area contributed by atoms with Gasteiger partial charge in [-0.15, -0.1) is 0 Å². The van der Waals surface area contributed by atoms with Crippen LogP contribution in [0.3, 0.4) is 0 Å². The lowest BCUT2D eigenvalue weighted by Gasteiger charge is -2.37. The van der Waals surface area contributed by atoms with Gasteiger partial charge in [-0.25, -0.2) is 0 Å². The number of ketones is 1. The Morgan fingerprint density at radius 1 is 0.529 bits per heavy atom. The number of para-hydroxylation sites is 2. The van der Waals surface area contributed by atoms with E-state index in [0.29, 0.717) is 11.5 Å². The van der Waals surface area contributed by atoms with Crippen molar-refractivity contribution in [1.29, 1.82) is 0 Å². The van der Waals surface area contributed by atoms with Crippen LogP contribution in [-0.4, -0.2) is 18.2 Å². The molecular formula is C29H24N2O3. The minimum Gasteiger partial charge on any atom is -0.467 e. The van der Waals surface area contributed by atoms with Crippen LogP contribution in [0.2, 0.25) is 0 Å². The Balaban J connectivity index is 1.32. The quantitative estimate of drug-likeness (QED) is 0.472. The molecule has 4 unspecified atom stereocenters. The van der Waals surface area contributed by atoms with Gasteiger partial charge in [0.05, 0.1) is 12.1 Å². The molecule has 2 aliphatic heterocycles. The SMILES string of the molecule is O=C(C1NC(c2ccccc2)c2ccccc2O1)C1NC(c2ccccc2)c2ccccc2O1. The summed E-state index contributed by atoms with van der Waals surface area (Å²) in [4.78, 5) is 13.8. The third-order valence-corrected chi connectivity index (χ3v) is 6.37. The van der Waals surface area contributed by atoms with Gasteiger partial charge in [0.1, 0.15) is 11.5 Å². The van der Waals surface area contributed by atoms with E-state index in [-0.39, 0.29) is 17.9 Å². The van der Waals surface area contributed by atoms with Crippen molar-refractivity contribution in [2.75, 3.05) is 0 Å². The summed E-state index contributed by atoms with van der Waals surface area (Å²) < 4.78 is 12.3. The molecule has 5 heteroatoms. The van der Waals surface area contributed by atoms with E-state index >= 15 is 0 Å². The molecule has 0 saturated heterocycles. The standard InChI is InChI=1S/C29H24N2O3/c32-27(28-30-25(19-11-3-1-4-12-19)21-15-7-9-17-23(21)33-28)29-31-26(20-13-5-2-6-14-20)22-16-8-10-18-24(22)34-29/h1-18,25-26,28-31H. The number of carbonyl (C=O) groups is 1. The molecule has 0 spiro atoms. The number of rotatable bonds is 4. The van der Waals surface area contributed by atoms with Crippen molar-refractivity contribution in [1.82, 2.24) is 10.6 Å². The van der Waals surface area contributed by atoms with Gasteiger partial charge in [0.25, 0.3) is 0 Å². The summed E-state index contributed by atoms with van der Waals surface area (Å²) in [6.45, 7) is 0. The van der Waals surface area contributed by atoms with Crippen LogP contribution in [0.1, 0.15) is 34.3 Å². The molecule has 2 aliphatic rings. The summed E-state index contributed by atoms with van der Waals surface area (Å²) in [5.41, 5.74) is 4.15. The fourth-order valence-corrected chi connectivity index (χ4v) is 4.72. The first-order valence-corrected chi connectivity index (χ1v) is 11.4. The molecule has 0 saturated carbocycles. The minimum absolute atomic E-state index is 0.166. The van der Waals surface area contributed by atoms with Crippen LogP contribution in [0.4, 0.5) is 0 Å². The first-order valence-electron chi connectivity index (χ1n) is 11.4. The van der Waals surface area contributed by atoms with Crippen molar-refractivity contribution in [3.05, 3.63) is 131 Å². The lowest BCUT2D eigenvalue weighted by molar-refractivity contribution is -0.137. The molecule has 168 valence electrons. The zero-order valence-electron chi connectivity index (χ0n) is 18.4. The second-order valence-corrected chi connectivity index (χ2v) is 8.49. The third-order valence-electron chi connectivity index (χ3n) is 6.37. The largest absolute Gasteiger partial charge is 0.467 e. The molecule has 5 nitrogen and oxygen atoms in total. The molecule has 0 bridgehead atoms. The van der Waals surface area contributed by atoms with Gasteiger partial charge in [-0.05, 0) is 23.3 Å². The Hall–Kier alpha value is -3.93. The van der Waals surface area contributed by atoms with Gasteiger partial charge in [0, 0.05) is 11.1 Å². The molecule has 0 fully saturated rings. The van der Waals surface area contributed by atoms with E-state index in [4.69, 9.17) is 9.47 Å². The monoisotopic (exact) mass is 448 g/mol. The zero-order valence-corrected chi connectivity index (χ0v) is 18.4. The predicted octanol–water partition coefficient (Wildman–Crippen LogP) is 4.75. The molecule has 2 heterocycles. The molecule has 0 aromatic heterocycles. The van der Waals surface area contributed by atoms with Crippen LogP contribution in [0.25, 0.3) is 0 Å². The predicted molar refractivity (Wildman–Crippen MR) is 130 cm³/mol. The number of carbonyl (C=O) groups excluding carboxylic acids is 1. The summed E-state index contributed by atoms with van der Waals surface area (Å²) in [5.74, 6) is 1.19. The minimum atomic E-state index is -0.862. The molecule has 0 aliphatic carbocycles. The summed E-state index contributed by atoms with van der Waals surface area (Å²) in [5, 5.41) is 6.82. The highest BCUT2D eigenvalue weighted by molar-refractivity contribution is 5.88. The first-order chi connectivity index (χ1) is 16.8. The van der Waals surface area contributed by atoms with E-state index in [1.165, 1.54) is 0 Å². The Morgan fingerprint density at radius 3 is 1.35 bits per heavy atom. The zero-order chi connectivity index (χ0) is 22.9. The smallest absolute Gasteiger partial charge is 0.243 e. The maximum atomic E-state index is 13.8. The number of hydrogen-bond acceptors (Lipinski definition) is 5. The Labute approximate surface area is 198 Å². The number of ether oxygens (including phenoxy) is 2. The third kappa shape index (κ3) is 3.75. The molecule has 6 rings (SSSR count). The molecule has 0 radical (unpaired) electrons. The molecule has 4 aromatic carbocycles. The Kier molecular flexibility index (Phi) is 5.34. The van der Waals surface area contributed by atoms with Gasteiger partial charge >= 0.3 is 0 Å². The van der Waals surface area contributed by atoms with Crippen LogP contribution in [0.15, 0.2) is 109 Å². The molecular weight excluding hydrogens is 424 g/mol. The lowest BCUT2D eigenvalue weighted by Crippen LogP contribution is -2.57. The maximum absolute atomic E-state index is 13.8. The highest BCUT2D eigenvalue weighted by Gasteiger charge is 2.40. The van der Waals surface area contributed by atoms with E-state index in [0.717, 1.165) is 22.3 Å². The molecule has 4 atom stereocenters. The fraction of sp³-hybridized carbons (Fsp3) is 0.138. The summed E-state index contributed by atoms with van der Waals surface area (Å²) in [6, 6.07) is 35.5. The van der Waals surface area contributed by atoms with Gasteiger partial charge in [0.2, 0.25) is 18.2 Å². The first kappa shape index (κ1) is 20.7. The van der Waals surface area contributed by atoms with Gasteiger partial charge in [0.15, 0.2) is 0 Å². The highest BCUT2D eigenvalue weighted by atomic mass is 16.5. The second-order valence-electron chi connectivity index (χ2n) is 8.49. The van der Waals surface area contributed by atoms with Crippen molar-refractivity contribution < 1.29 is 14.3 Å². The molecule has 2 N–H and O–H groups in total. The highest BCUT2D eigenvalue weighted by Crippen LogP contribution is 2.37. The number of hydrogen-bond donors (Lipinski definition) is 2. The number of Topliss-reactive ketones (excluding diaryl/α,β-unsaturated/α-hetero) is 1. The van der Waals surface area contributed by atoms with Crippen molar-refractivity contribution in [2.45, 2.75) is 24.5 Å². The van der Waals surface area contributed by atoms with Crippen LogP contribution in [0, 0.1) is 0 Å². The van der Waals surface area contributed by atoms with Crippen molar-refractivity contribution in [3.63, 3.8) is 0 Å². The molecule has 4 aromatic rings. The van der Waals surface area contributed by atoms with Crippen molar-refractivity contribution >= 4 is 5.78 Å². The van der Waals surface area contributed by atoms with Crippen LogP contribution < -0.4 is 20.1 Å². The second kappa shape index (κ2) is 8.78. The normalized spacial score (nSPS) is 23.1. The lowest BCUT2D eigenvalue weighted by atomic mass is 9.94.